The van der Waals surface area contributed by atoms with Crippen molar-refractivity contribution >= 4 is 16.8 Å². The molecule has 0 aliphatic carbocycles. The van der Waals surface area contributed by atoms with Crippen LogP contribution in [0.3, 0.4) is 0 Å². The summed E-state index contributed by atoms with van der Waals surface area (Å²) >= 11 is 0. The van der Waals surface area contributed by atoms with Crippen LogP contribution in [0.4, 0.5) is 0 Å². The number of likely N-dealkylation sites (tertiary alicyclic amines) is 1. The minimum atomic E-state index is 0.226. The maximum Gasteiger partial charge on any atom is 0.227 e. The molecule has 2 aromatic rings. The van der Waals surface area contributed by atoms with Gasteiger partial charge in [-0.15, -0.1) is 0 Å². The molecule has 4 heteroatoms. The summed E-state index contributed by atoms with van der Waals surface area (Å²) in [5.74, 6) is 0.226. The first-order valence-electron chi connectivity index (χ1n) is 8.50. The third-order valence-corrected chi connectivity index (χ3v) is 4.49. The number of piperidine rings is 1. The highest BCUT2D eigenvalue weighted by atomic mass is 16.2. The molecule has 122 valence electrons. The van der Waals surface area contributed by atoms with E-state index in [2.05, 4.69) is 24.1 Å². The average Bonchev–Trinajstić information content (AvgIpc) is 2.55. The lowest BCUT2D eigenvalue weighted by Gasteiger charge is -2.33. The van der Waals surface area contributed by atoms with Crippen LogP contribution in [0, 0.1) is 0 Å². The Labute approximate surface area is 137 Å². The Morgan fingerprint density at radius 1 is 1.26 bits per heavy atom. The van der Waals surface area contributed by atoms with Gasteiger partial charge in [0.2, 0.25) is 5.91 Å². The van der Waals surface area contributed by atoms with Gasteiger partial charge in [0, 0.05) is 36.8 Å². The van der Waals surface area contributed by atoms with Gasteiger partial charge in [0.15, 0.2) is 0 Å². The molecule has 1 aromatic heterocycles. The van der Waals surface area contributed by atoms with Crippen LogP contribution in [0.5, 0.6) is 0 Å². The van der Waals surface area contributed by atoms with Crippen LogP contribution < -0.4 is 5.32 Å². The zero-order chi connectivity index (χ0) is 16.2. The van der Waals surface area contributed by atoms with E-state index in [1.807, 2.05) is 35.2 Å². The van der Waals surface area contributed by atoms with Crippen molar-refractivity contribution < 1.29 is 4.79 Å². The number of nitrogens with one attached hydrogen (secondary N) is 1. The molecule has 1 N–H and O–H groups in total. The molecular formula is C19H25N3O. The van der Waals surface area contributed by atoms with Crippen molar-refractivity contribution in [3.8, 4) is 0 Å². The standard InChI is InChI=1S/C19H25N3O/c1-14(2)21-16-8-11-22(12-9-16)19(23)13-15-5-3-7-18-17(15)6-4-10-20-18/h3-7,10,14,16,21H,8-9,11-13H2,1-2H3. The Morgan fingerprint density at radius 3 is 2.78 bits per heavy atom. The van der Waals surface area contributed by atoms with Crippen LogP contribution in [-0.4, -0.2) is 41.0 Å². The lowest BCUT2D eigenvalue weighted by molar-refractivity contribution is -0.131. The molecule has 0 saturated carbocycles. The van der Waals surface area contributed by atoms with Gasteiger partial charge in [0.25, 0.3) is 0 Å². The fourth-order valence-electron chi connectivity index (χ4n) is 3.36. The minimum absolute atomic E-state index is 0.226. The van der Waals surface area contributed by atoms with Crippen LogP contribution >= 0.6 is 0 Å². The van der Waals surface area contributed by atoms with Crippen LogP contribution in [0.15, 0.2) is 36.5 Å². The highest BCUT2D eigenvalue weighted by Gasteiger charge is 2.23. The maximum absolute atomic E-state index is 12.6. The molecule has 0 bridgehead atoms. The van der Waals surface area contributed by atoms with Gasteiger partial charge >= 0.3 is 0 Å². The van der Waals surface area contributed by atoms with E-state index in [1.54, 1.807) is 6.20 Å². The molecule has 2 heterocycles. The number of nitrogens with zero attached hydrogens (tertiary/aromatic N) is 2. The first-order valence-corrected chi connectivity index (χ1v) is 8.50. The summed E-state index contributed by atoms with van der Waals surface area (Å²) < 4.78 is 0. The van der Waals surface area contributed by atoms with Crippen LogP contribution in [0.25, 0.3) is 10.9 Å². The number of carbonyl (C=O) groups excluding carboxylic acids is 1. The topological polar surface area (TPSA) is 45.2 Å². The molecule has 4 nitrogen and oxygen atoms in total. The number of amides is 1. The minimum Gasteiger partial charge on any atom is -0.342 e. The number of hydrogen-bond donors (Lipinski definition) is 1. The van der Waals surface area contributed by atoms with Crippen molar-refractivity contribution in [2.45, 2.75) is 45.2 Å². The average molecular weight is 311 g/mol. The van der Waals surface area contributed by atoms with Gasteiger partial charge in [-0.25, -0.2) is 0 Å². The van der Waals surface area contributed by atoms with Gasteiger partial charge in [0.1, 0.15) is 0 Å². The van der Waals surface area contributed by atoms with Gasteiger partial charge in [-0.2, -0.15) is 0 Å². The summed E-state index contributed by atoms with van der Waals surface area (Å²) in [6.07, 6.45) is 4.34. The van der Waals surface area contributed by atoms with Crippen LogP contribution in [0.2, 0.25) is 0 Å². The molecule has 23 heavy (non-hydrogen) atoms. The molecule has 1 aromatic carbocycles. The SMILES string of the molecule is CC(C)NC1CCN(C(=O)Cc2cccc3ncccc23)CC1. The van der Waals surface area contributed by atoms with E-state index in [9.17, 15) is 4.79 Å². The van der Waals surface area contributed by atoms with Gasteiger partial charge in [-0.3, -0.25) is 9.78 Å². The number of fused-ring (bicyclic) bond motifs is 1. The van der Waals surface area contributed by atoms with E-state index < -0.39 is 0 Å². The molecule has 0 spiro atoms. The zero-order valence-electron chi connectivity index (χ0n) is 14.0. The summed E-state index contributed by atoms with van der Waals surface area (Å²) in [4.78, 5) is 19.0. The van der Waals surface area contributed by atoms with Crippen molar-refractivity contribution in [3.63, 3.8) is 0 Å². The summed E-state index contributed by atoms with van der Waals surface area (Å²) in [5, 5.41) is 4.65. The normalized spacial score (nSPS) is 16.2. The van der Waals surface area contributed by atoms with Gasteiger partial charge < -0.3 is 10.2 Å². The fourth-order valence-corrected chi connectivity index (χ4v) is 3.36. The molecule has 0 atom stereocenters. The summed E-state index contributed by atoms with van der Waals surface area (Å²) in [6, 6.07) is 11.0. The second-order valence-corrected chi connectivity index (χ2v) is 6.64. The molecule has 0 unspecified atom stereocenters. The van der Waals surface area contributed by atoms with Crippen LogP contribution in [0.1, 0.15) is 32.3 Å². The van der Waals surface area contributed by atoms with E-state index in [0.717, 1.165) is 42.4 Å². The molecule has 3 rings (SSSR count). The Hall–Kier alpha value is -1.94. The lowest BCUT2D eigenvalue weighted by Crippen LogP contribution is -2.47. The molecule has 1 aliphatic rings. The highest BCUT2D eigenvalue weighted by molar-refractivity contribution is 5.88. The molecule has 1 amide bonds. The zero-order valence-corrected chi connectivity index (χ0v) is 14.0. The Bertz CT molecular complexity index is 670. The predicted octanol–water partition coefficient (Wildman–Crippen LogP) is 2.77. The second-order valence-electron chi connectivity index (χ2n) is 6.64. The first-order chi connectivity index (χ1) is 11.1. The molecule has 0 radical (unpaired) electrons. The number of hydrogen-bond acceptors (Lipinski definition) is 3. The third kappa shape index (κ3) is 3.88. The van der Waals surface area contributed by atoms with E-state index in [-0.39, 0.29) is 5.91 Å². The fraction of sp³-hybridized carbons (Fsp3) is 0.474. The maximum atomic E-state index is 12.6. The monoisotopic (exact) mass is 311 g/mol. The van der Waals surface area contributed by atoms with Crippen LogP contribution in [-0.2, 0) is 11.2 Å². The number of carbonyl (C=O) groups is 1. The highest BCUT2D eigenvalue weighted by Crippen LogP contribution is 2.19. The Kier molecular flexibility index (Phi) is 4.91. The van der Waals surface area contributed by atoms with Gasteiger partial charge in [-0.1, -0.05) is 32.0 Å². The number of benzene rings is 1. The molecular weight excluding hydrogens is 286 g/mol. The molecule has 1 aliphatic heterocycles. The van der Waals surface area contributed by atoms with E-state index in [0.29, 0.717) is 18.5 Å². The van der Waals surface area contributed by atoms with Crippen molar-refractivity contribution in [1.82, 2.24) is 15.2 Å². The van der Waals surface area contributed by atoms with E-state index >= 15 is 0 Å². The quantitative estimate of drug-likeness (QED) is 0.944. The number of pyridine rings is 1. The third-order valence-electron chi connectivity index (χ3n) is 4.49. The van der Waals surface area contributed by atoms with Crippen molar-refractivity contribution in [2.75, 3.05) is 13.1 Å². The predicted molar refractivity (Wildman–Crippen MR) is 93.3 cm³/mol. The Morgan fingerprint density at radius 2 is 2.04 bits per heavy atom. The van der Waals surface area contributed by atoms with Gasteiger partial charge in [0.05, 0.1) is 11.9 Å². The summed E-state index contributed by atoms with van der Waals surface area (Å²) in [5.41, 5.74) is 2.03. The summed E-state index contributed by atoms with van der Waals surface area (Å²) in [7, 11) is 0. The van der Waals surface area contributed by atoms with E-state index in [1.165, 1.54) is 0 Å². The first kappa shape index (κ1) is 15.9. The molecule has 1 fully saturated rings. The van der Waals surface area contributed by atoms with E-state index in [4.69, 9.17) is 0 Å². The summed E-state index contributed by atoms with van der Waals surface area (Å²) in [6.45, 7) is 6.05. The smallest absolute Gasteiger partial charge is 0.227 e. The number of aromatic nitrogens is 1. The Balaban J connectivity index is 1.63. The second kappa shape index (κ2) is 7.09. The molecule has 1 saturated heterocycles. The largest absolute Gasteiger partial charge is 0.342 e. The van der Waals surface area contributed by atoms with Crippen molar-refractivity contribution in [1.29, 1.82) is 0 Å². The van der Waals surface area contributed by atoms with Gasteiger partial charge in [-0.05, 0) is 30.5 Å². The van der Waals surface area contributed by atoms with Crippen molar-refractivity contribution in [2.24, 2.45) is 0 Å². The van der Waals surface area contributed by atoms with Crippen molar-refractivity contribution in [3.05, 3.63) is 42.1 Å². The number of rotatable bonds is 4. The lowest BCUT2D eigenvalue weighted by atomic mass is 10.0.